The summed E-state index contributed by atoms with van der Waals surface area (Å²) in [6.07, 6.45) is -3.50. The minimum Gasteiger partial charge on any atom is -0.484 e. The average Bonchev–Trinajstić information content (AvgIpc) is 3.11. The molecule has 2 rings (SSSR count). The van der Waals surface area contributed by atoms with Gasteiger partial charge in [0, 0.05) is 38.6 Å². The van der Waals surface area contributed by atoms with Gasteiger partial charge in [0.2, 0.25) is 5.91 Å². The number of halogens is 4. The van der Waals surface area contributed by atoms with Crippen LogP contribution in [0.2, 0.25) is 0 Å². The third-order valence-electron chi connectivity index (χ3n) is 4.34. The lowest BCUT2D eigenvalue weighted by molar-refractivity contribution is -0.153. The van der Waals surface area contributed by atoms with E-state index in [0.29, 0.717) is 19.0 Å². The van der Waals surface area contributed by atoms with Crippen molar-refractivity contribution < 1.29 is 22.7 Å². The first-order valence-corrected chi connectivity index (χ1v) is 9.22. The van der Waals surface area contributed by atoms with Crippen LogP contribution in [0, 0.1) is 5.92 Å². The first-order valence-electron chi connectivity index (χ1n) is 9.22. The van der Waals surface area contributed by atoms with Crippen molar-refractivity contribution in [1.29, 1.82) is 0 Å². The third-order valence-corrected chi connectivity index (χ3v) is 4.34. The number of amides is 1. The van der Waals surface area contributed by atoms with Crippen LogP contribution in [0.4, 0.5) is 13.2 Å². The van der Waals surface area contributed by atoms with Gasteiger partial charge in [-0.05, 0) is 24.1 Å². The number of guanidine groups is 1. The molecule has 1 unspecified atom stereocenters. The number of ether oxygens (including phenoxy) is 1. The van der Waals surface area contributed by atoms with Crippen LogP contribution < -0.4 is 15.4 Å². The Morgan fingerprint density at radius 2 is 1.97 bits per heavy atom. The Labute approximate surface area is 186 Å². The number of nitrogens with zero attached hydrogens (tertiary/aromatic N) is 2. The Kier molecular flexibility index (Phi) is 10.0. The Balaban J connectivity index is 0.00000420. The predicted molar refractivity (Wildman–Crippen MR) is 117 cm³/mol. The molecule has 0 aliphatic carbocycles. The van der Waals surface area contributed by atoms with Gasteiger partial charge in [0.15, 0.2) is 12.6 Å². The van der Waals surface area contributed by atoms with Crippen LogP contribution in [-0.2, 0) is 11.3 Å². The monoisotopic (exact) mass is 528 g/mol. The van der Waals surface area contributed by atoms with E-state index >= 15 is 0 Å². The van der Waals surface area contributed by atoms with Gasteiger partial charge in [0.25, 0.3) is 0 Å². The summed E-state index contributed by atoms with van der Waals surface area (Å²) >= 11 is 0. The summed E-state index contributed by atoms with van der Waals surface area (Å²) in [5.41, 5.74) is 0.880. The summed E-state index contributed by atoms with van der Waals surface area (Å²) in [6, 6.07) is 6.54. The molecule has 1 fully saturated rings. The van der Waals surface area contributed by atoms with Gasteiger partial charge in [-0.2, -0.15) is 13.2 Å². The number of carbonyl (C=O) groups excluding carboxylic acids is 1. The van der Waals surface area contributed by atoms with Crippen LogP contribution in [0.25, 0.3) is 0 Å². The maximum atomic E-state index is 12.2. The molecule has 1 amide bonds. The van der Waals surface area contributed by atoms with Crippen LogP contribution in [-0.4, -0.2) is 55.7 Å². The summed E-state index contributed by atoms with van der Waals surface area (Å²) in [6.45, 7) is 4.31. The smallest absolute Gasteiger partial charge is 0.422 e. The number of nitrogens with one attached hydrogen (secondary N) is 2. The van der Waals surface area contributed by atoms with Gasteiger partial charge >= 0.3 is 6.18 Å². The summed E-state index contributed by atoms with van der Waals surface area (Å²) in [5.74, 6) is 0.921. The zero-order valence-corrected chi connectivity index (χ0v) is 19.1. The number of carbonyl (C=O) groups is 1. The van der Waals surface area contributed by atoms with Crippen molar-refractivity contribution in [3.05, 3.63) is 29.8 Å². The Hall–Kier alpha value is -1.72. The van der Waals surface area contributed by atoms with Gasteiger partial charge in [0.05, 0.1) is 0 Å². The van der Waals surface area contributed by atoms with Gasteiger partial charge in [-0.15, -0.1) is 24.0 Å². The minimum absolute atomic E-state index is 0. The van der Waals surface area contributed by atoms with Crippen LogP contribution in [0.3, 0.4) is 0 Å². The molecule has 0 saturated carbocycles. The van der Waals surface area contributed by atoms with Crippen molar-refractivity contribution in [3.8, 4) is 5.75 Å². The van der Waals surface area contributed by atoms with Crippen molar-refractivity contribution in [2.75, 3.05) is 26.7 Å². The fourth-order valence-electron chi connectivity index (χ4n) is 2.89. The van der Waals surface area contributed by atoms with Gasteiger partial charge < -0.3 is 20.3 Å². The molecule has 6 nitrogen and oxygen atoms in total. The van der Waals surface area contributed by atoms with E-state index in [1.807, 2.05) is 18.7 Å². The first kappa shape index (κ1) is 25.3. The zero-order valence-electron chi connectivity index (χ0n) is 16.8. The van der Waals surface area contributed by atoms with Crippen molar-refractivity contribution in [3.63, 3.8) is 0 Å². The number of hydrogen-bond donors (Lipinski definition) is 2. The number of hydrogen-bond acceptors (Lipinski definition) is 3. The van der Waals surface area contributed by atoms with Crippen LogP contribution >= 0.6 is 24.0 Å². The quantitative estimate of drug-likeness (QED) is 0.339. The highest BCUT2D eigenvalue weighted by Gasteiger charge is 2.29. The molecule has 0 spiro atoms. The van der Waals surface area contributed by atoms with E-state index in [0.717, 1.165) is 18.5 Å². The molecule has 0 aromatic heterocycles. The largest absolute Gasteiger partial charge is 0.484 e. The second-order valence-corrected chi connectivity index (χ2v) is 7.04. The molecular formula is C19H28F3IN4O2. The first-order chi connectivity index (χ1) is 13.2. The maximum absolute atomic E-state index is 12.2. The predicted octanol–water partition coefficient (Wildman–Crippen LogP) is 3.17. The fraction of sp³-hybridized carbons (Fsp3) is 0.579. The number of rotatable bonds is 6. The van der Waals surface area contributed by atoms with Crippen molar-refractivity contribution in [1.82, 2.24) is 15.5 Å². The lowest BCUT2D eigenvalue weighted by Gasteiger charge is -2.20. The molecule has 10 heteroatoms. The Morgan fingerprint density at radius 3 is 2.52 bits per heavy atom. The molecule has 1 saturated heterocycles. The molecule has 1 atom stereocenters. The van der Waals surface area contributed by atoms with Gasteiger partial charge in [-0.3, -0.25) is 9.79 Å². The van der Waals surface area contributed by atoms with Crippen molar-refractivity contribution in [2.24, 2.45) is 10.9 Å². The van der Waals surface area contributed by atoms with E-state index in [1.54, 1.807) is 19.2 Å². The molecular weight excluding hydrogens is 500 g/mol. The standard InChI is InChI=1S/C19H27F3N4O2.HI/c1-13(2)17(27)26-9-8-15(11-26)25-18(23-3)24-10-14-4-6-16(7-5-14)28-12-19(20,21)22;/h4-7,13,15H,8-12H2,1-3H3,(H2,23,24,25);1H. The lowest BCUT2D eigenvalue weighted by Crippen LogP contribution is -2.45. The molecule has 1 heterocycles. The number of likely N-dealkylation sites (tertiary alicyclic amines) is 1. The van der Waals surface area contributed by atoms with Crippen LogP contribution in [0.5, 0.6) is 5.75 Å². The molecule has 1 aromatic rings. The second-order valence-electron chi connectivity index (χ2n) is 7.04. The minimum atomic E-state index is -4.35. The summed E-state index contributed by atoms with van der Waals surface area (Å²) in [7, 11) is 1.66. The number of benzene rings is 1. The van der Waals surface area contributed by atoms with E-state index in [9.17, 15) is 18.0 Å². The molecule has 0 radical (unpaired) electrons. The van der Waals surface area contributed by atoms with E-state index < -0.39 is 12.8 Å². The van der Waals surface area contributed by atoms with Crippen LogP contribution in [0.1, 0.15) is 25.8 Å². The lowest BCUT2D eigenvalue weighted by atomic mass is 10.2. The molecule has 0 bridgehead atoms. The number of aliphatic imine (C=N–C) groups is 1. The highest BCUT2D eigenvalue weighted by atomic mass is 127. The molecule has 1 aromatic carbocycles. The fourth-order valence-corrected chi connectivity index (χ4v) is 2.89. The topological polar surface area (TPSA) is 66.0 Å². The van der Waals surface area contributed by atoms with Gasteiger partial charge in [-0.1, -0.05) is 26.0 Å². The van der Waals surface area contributed by atoms with Gasteiger partial charge in [-0.25, -0.2) is 0 Å². The zero-order chi connectivity index (χ0) is 20.7. The highest BCUT2D eigenvalue weighted by Crippen LogP contribution is 2.19. The highest BCUT2D eigenvalue weighted by molar-refractivity contribution is 14.0. The average molecular weight is 528 g/mol. The summed E-state index contributed by atoms with van der Waals surface area (Å²) in [5, 5.41) is 6.47. The van der Waals surface area contributed by atoms with Gasteiger partial charge in [0.1, 0.15) is 5.75 Å². The summed E-state index contributed by atoms with van der Waals surface area (Å²) in [4.78, 5) is 18.1. The van der Waals surface area contributed by atoms with Crippen molar-refractivity contribution in [2.45, 2.75) is 39.0 Å². The SMILES string of the molecule is CN=C(NCc1ccc(OCC(F)(F)F)cc1)NC1CCN(C(=O)C(C)C)C1.I. The Morgan fingerprint density at radius 1 is 1.31 bits per heavy atom. The van der Waals surface area contributed by atoms with E-state index in [-0.39, 0.29) is 47.6 Å². The molecule has 164 valence electrons. The number of alkyl halides is 3. The van der Waals surface area contributed by atoms with Crippen molar-refractivity contribution >= 4 is 35.8 Å². The summed E-state index contributed by atoms with van der Waals surface area (Å²) < 4.78 is 41.2. The van der Waals surface area contributed by atoms with E-state index in [1.165, 1.54) is 12.1 Å². The Bertz CT molecular complexity index is 681. The second kappa shape index (κ2) is 11.5. The van der Waals surface area contributed by atoms with Crippen LogP contribution in [0.15, 0.2) is 29.3 Å². The molecule has 29 heavy (non-hydrogen) atoms. The normalized spacial score (nSPS) is 17.1. The maximum Gasteiger partial charge on any atom is 0.422 e. The molecule has 1 aliphatic rings. The molecule has 2 N–H and O–H groups in total. The molecule has 1 aliphatic heterocycles. The third kappa shape index (κ3) is 8.67. The van der Waals surface area contributed by atoms with E-state index in [4.69, 9.17) is 4.74 Å². The van der Waals surface area contributed by atoms with E-state index in [2.05, 4.69) is 15.6 Å².